The third kappa shape index (κ3) is 59.0. The molecule has 1 N–H and O–H groups in total. The number of quaternary nitrogens is 1. The molecule has 0 saturated carbocycles. The molecule has 0 aliphatic carbocycles. The van der Waals surface area contributed by atoms with Gasteiger partial charge in [0.05, 0.1) is 27.7 Å². The number of hydrogen-bond donors (Lipinski definition) is 1. The fourth-order valence-corrected chi connectivity index (χ4v) is 9.55. The second-order valence-corrected chi connectivity index (χ2v) is 23.5. The Balaban J connectivity index is 4.03. The molecule has 0 bridgehead atoms. The zero-order valence-corrected chi connectivity index (χ0v) is 50.0. The number of phosphoric ester groups is 1. The number of phosphoric acid groups is 1. The summed E-state index contributed by atoms with van der Waals surface area (Å²) in [5.74, 6) is -0.783. The first-order chi connectivity index (χ1) is 36.0. The van der Waals surface area contributed by atoms with Crippen molar-refractivity contribution in [2.45, 2.75) is 290 Å². The Hall–Kier alpha value is -2.29. The summed E-state index contributed by atoms with van der Waals surface area (Å²) in [5, 5.41) is 0. The number of carbonyl (C=O) groups is 2. The van der Waals surface area contributed by atoms with Gasteiger partial charge in [0.25, 0.3) is 0 Å². The number of allylic oxidation sites excluding steroid dienone is 10. The Bertz CT molecular complexity index is 1430. The third-order valence-corrected chi connectivity index (χ3v) is 14.5. The maximum atomic E-state index is 12.8. The van der Waals surface area contributed by atoms with E-state index >= 15 is 0 Å². The largest absolute Gasteiger partial charge is 0.472 e. The first-order valence-corrected chi connectivity index (χ1v) is 32.5. The number of carbonyl (C=O) groups excluding carboxylic acids is 2. The van der Waals surface area contributed by atoms with Gasteiger partial charge in [-0.3, -0.25) is 18.6 Å². The second-order valence-electron chi connectivity index (χ2n) is 22.1. The fraction of sp³-hybridized carbons (Fsp3) is 0.812. The van der Waals surface area contributed by atoms with Crippen LogP contribution >= 0.6 is 7.82 Å². The lowest BCUT2D eigenvalue weighted by Crippen LogP contribution is -2.37. The lowest BCUT2D eigenvalue weighted by molar-refractivity contribution is -0.870. The van der Waals surface area contributed by atoms with Gasteiger partial charge in [0, 0.05) is 12.8 Å². The lowest BCUT2D eigenvalue weighted by Gasteiger charge is -2.24. The van der Waals surface area contributed by atoms with Gasteiger partial charge in [-0.2, -0.15) is 0 Å². The number of likely N-dealkylation sites (N-methyl/N-ethyl adjacent to an activating group) is 1. The number of unbranched alkanes of at least 4 members (excludes halogenated alkanes) is 33. The highest BCUT2D eigenvalue weighted by atomic mass is 31.2. The molecule has 0 amide bonds. The van der Waals surface area contributed by atoms with Crippen LogP contribution in [0.25, 0.3) is 0 Å². The van der Waals surface area contributed by atoms with Crippen LogP contribution in [0.2, 0.25) is 0 Å². The molecule has 0 aliphatic heterocycles. The monoisotopic (exact) mass is 1060 g/mol. The molecule has 2 atom stereocenters. The van der Waals surface area contributed by atoms with E-state index < -0.39 is 26.5 Å². The van der Waals surface area contributed by atoms with E-state index in [-0.39, 0.29) is 25.6 Å². The van der Waals surface area contributed by atoms with E-state index in [4.69, 9.17) is 18.5 Å². The molecular formula is C64H119NO8P+. The van der Waals surface area contributed by atoms with E-state index in [0.717, 1.165) is 64.2 Å². The van der Waals surface area contributed by atoms with Gasteiger partial charge in [-0.1, -0.05) is 274 Å². The molecule has 0 aliphatic rings. The quantitative estimate of drug-likeness (QED) is 0.0211. The van der Waals surface area contributed by atoms with Crippen molar-refractivity contribution in [3.05, 3.63) is 60.8 Å². The van der Waals surface area contributed by atoms with E-state index in [2.05, 4.69) is 74.6 Å². The average molecular weight is 1060 g/mol. The molecule has 0 aromatic heterocycles. The molecule has 2 unspecified atom stereocenters. The molecule has 0 radical (unpaired) electrons. The van der Waals surface area contributed by atoms with Crippen LogP contribution in [0.3, 0.4) is 0 Å². The Morgan fingerprint density at radius 1 is 0.432 bits per heavy atom. The zero-order chi connectivity index (χ0) is 54.2. The van der Waals surface area contributed by atoms with Crippen LogP contribution in [0.15, 0.2) is 60.8 Å². The van der Waals surface area contributed by atoms with Crippen LogP contribution < -0.4 is 0 Å². The normalized spacial score (nSPS) is 13.6. The summed E-state index contributed by atoms with van der Waals surface area (Å²) < 4.78 is 34.6. The Kier molecular flexibility index (Phi) is 53.7. The molecular weight excluding hydrogens is 942 g/mol. The summed E-state index contributed by atoms with van der Waals surface area (Å²) in [5.41, 5.74) is 0. The molecule has 0 spiro atoms. The van der Waals surface area contributed by atoms with Crippen molar-refractivity contribution in [1.29, 1.82) is 0 Å². The van der Waals surface area contributed by atoms with Crippen LogP contribution in [0.5, 0.6) is 0 Å². The summed E-state index contributed by atoms with van der Waals surface area (Å²) in [7, 11) is 1.49. The van der Waals surface area contributed by atoms with Crippen molar-refractivity contribution >= 4 is 19.8 Å². The van der Waals surface area contributed by atoms with Gasteiger partial charge < -0.3 is 18.9 Å². The SMILES string of the molecule is CC/C=C\C/C=C\C/C=C\C/C=C\C/C=C\CCCCCCCCCCCCCCCCCCCC(=O)OC(COC(=O)CCCCCCCCCCCCCCCCCCC)COP(=O)(O)OCC[N+](C)(C)C. The molecule has 432 valence electrons. The maximum Gasteiger partial charge on any atom is 0.472 e. The number of hydrogen-bond acceptors (Lipinski definition) is 7. The standard InChI is InChI=1S/C64H118NO8P/c1-6-8-10-12-14-16-18-20-22-24-25-26-27-28-29-30-31-32-33-34-35-36-37-38-39-41-43-45-47-49-51-53-55-57-64(67)73-62(61-72-74(68,69)71-59-58-65(3,4)5)60-70-63(66)56-54-52-50-48-46-44-42-40-23-21-19-17-15-13-11-9-7-2/h8,10,14,16,20,22,25-26,28-29,62H,6-7,9,11-13,15,17-19,21,23-24,27,30-61H2,1-5H3/p+1/b10-8-,16-14-,22-20-,26-25-,29-28-. The first-order valence-electron chi connectivity index (χ1n) is 31.0. The van der Waals surface area contributed by atoms with E-state index in [9.17, 15) is 19.0 Å². The molecule has 0 aromatic carbocycles. The van der Waals surface area contributed by atoms with Crippen molar-refractivity contribution in [1.82, 2.24) is 0 Å². The first kappa shape index (κ1) is 71.7. The molecule has 0 aromatic rings. The molecule has 9 nitrogen and oxygen atoms in total. The molecule has 0 saturated heterocycles. The van der Waals surface area contributed by atoms with Crippen molar-refractivity contribution in [2.24, 2.45) is 0 Å². The molecule has 10 heteroatoms. The topological polar surface area (TPSA) is 108 Å². The molecule has 0 fully saturated rings. The zero-order valence-electron chi connectivity index (χ0n) is 49.1. The number of nitrogens with zero attached hydrogens (tertiary/aromatic N) is 1. The van der Waals surface area contributed by atoms with Gasteiger partial charge in [-0.15, -0.1) is 0 Å². The summed E-state index contributed by atoms with van der Waals surface area (Å²) >= 11 is 0. The van der Waals surface area contributed by atoms with Crippen LogP contribution in [0, 0.1) is 0 Å². The van der Waals surface area contributed by atoms with Crippen LogP contribution in [-0.4, -0.2) is 74.9 Å². The average Bonchev–Trinajstić information content (AvgIpc) is 3.36. The van der Waals surface area contributed by atoms with Crippen molar-refractivity contribution < 1.29 is 42.1 Å². The molecule has 74 heavy (non-hydrogen) atoms. The van der Waals surface area contributed by atoms with Gasteiger partial charge in [0.2, 0.25) is 0 Å². The highest BCUT2D eigenvalue weighted by Gasteiger charge is 2.27. The van der Waals surface area contributed by atoms with Crippen molar-refractivity contribution in [2.75, 3.05) is 47.5 Å². The number of esters is 2. The van der Waals surface area contributed by atoms with Crippen LogP contribution in [0.1, 0.15) is 284 Å². The van der Waals surface area contributed by atoms with E-state index in [1.165, 1.54) is 186 Å². The highest BCUT2D eigenvalue weighted by Crippen LogP contribution is 2.43. The van der Waals surface area contributed by atoms with Gasteiger partial charge in [0.15, 0.2) is 6.10 Å². The van der Waals surface area contributed by atoms with Gasteiger partial charge in [0.1, 0.15) is 19.8 Å². The number of rotatable bonds is 57. The van der Waals surface area contributed by atoms with Crippen LogP contribution in [-0.2, 0) is 32.7 Å². The van der Waals surface area contributed by atoms with Gasteiger partial charge >= 0.3 is 19.8 Å². The van der Waals surface area contributed by atoms with E-state index in [1.54, 1.807) is 0 Å². The summed E-state index contributed by atoms with van der Waals surface area (Å²) in [4.78, 5) is 35.7. The Labute approximate surface area is 457 Å². The predicted molar refractivity (Wildman–Crippen MR) is 316 cm³/mol. The minimum absolute atomic E-state index is 0.0331. The summed E-state index contributed by atoms with van der Waals surface area (Å²) in [6.07, 6.45) is 71.6. The minimum Gasteiger partial charge on any atom is -0.462 e. The summed E-state index contributed by atoms with van der Waals surface area (Å²) in [6.45, 7) is 4.36. The second kappa shape index (κ2) is 55.5. The van der Waals surface area contributed by atoms with Gasteiger partial charge in [-0.05, 0) is 57.8 Å². The predicted octanol–water partition coefficient (Wildman–Crippen LogP) is 19.5. The van der Waals surface area contributed by atoms with Gasteiger partial charge in [-0.25, -0.2) is 4.57 Å². The van der Waals surface area contributed by atoms with Crippen molar-refractivity contribution in [3.8, 4) is 0 Å². The third-order valence-electron chi connectivity index (χ3n) is 13.6. The maximum absolute atomic E-state index is 12.8. The minimum atomic E-state index is -4.38. The summed E-state index contributed by atoms with van der Waals surface area (Å²) in [6, 6.07) is 0. The Morgan fingerprint density at radius 2 is 0.770 bits per heavy atom. The fourth-order valence-electron chi connectivity index (χ4n) is 8.81. The van der Waals surface area contributed by atoms with Crippen LogP contribution in [0.4, 0.5) is 0 Å². The smallest absolute Gasteiger partial charge is 0.462 e. The lowest BCUT2D eigenvalue weighted by atomic mass is 10.0. The van der Waals surface area contributed by atoms with Crippen molar-refractivity contribution in [3.63, 3.8) is 0 Å². The number of ether oxygens (including phenoxy) is 2. The highest BCUT2D eigenvalue weighted by molar-refractivity contribution is 7.47. The molecule has 0 heterocycles. The van der Waals surface area contributed by atoms with E-state index in [1.807, 2.05) is 21.1 Å². The molecule has 0 rings (SSSR count). The Morgan fingerprint density at radius 3 is 1.15 bits per heavy atom. The van der Waals surface area contributed by atoms with E-state index in [0.29, 0.717) is 23.9 Å².